The molecule has 0 aromatic carbocycles. The van der Waals surface area contributed by atoms with E-state index in [2.05, 4.69) is 21.5 Å². The minimum absolute atomic E-state index is 0.509. The lowest BCUT2D eigenvalue weighted by molar-refractivity contribution is 0.746. The van der Waals surface area contributed by atoms with Gasteiger partial charge in [0.15, 0.2) is 0 Å². The number of aromatic nitrogens is 2. The zero-order valence-corrected chi connectivity index (χ0v) is 9.89. The van der Waals surface area contributed by atoms with Gasteiger partial charge in [-0.15, -0.1) is 0 Å². The van der Waals surface area contributed by atoms with Gasteiger partial charge in [0.05, 0.1) is 0 Å². The van der Waals surface area contributed by atoms with Gasteiger partial charge in [-0.3, -0.25) is 0 Å². The largest absolute Gasteiger partial charge is 0.384 e. The number of anilines is 2. The number of hydrogen-bond acceptors (Lipinski definition) is 5. The van der Waals surface area contributed by atoms with Crippen molar-refractivity contribution in [2.45, 2.75) is 19.3 Å². The number of thioether (sulfide) groups is 1. The molecule has 5 heteroatoms. The van der Waals surface area contributed by atoms with Crippen LogP contribution in [0.15, 0.2) is 12.3 Å². The first-order chi connectivity index (χ1) is 7.33. The smallest absolute Gasteiger partial charge is 0.224 e. The van der Waals surface area contributed by atoms with Crippen molar-refractivity contribution in [1.82, 2.24) is 9.97 Å². The molecule has 0 fully saturated rings. The second-order valence-electron chi connectivity index (χ2n) is 3.29. The van der Waals surface area contributed by atoms with Gasteiger partial charge in [0.2, 0.25) is 5.95 Å². The summed E-state index contributed by atoms with van der Waals surface area (Å²) >= 11 is 1.90. The number of unbranched alkanes of at least 4 members (excludes halogenated alkanes) is 2. The number of nitrogens with two attached hydrogens (primary N) is 1. The fourth-order valence-corrected chi connectivity index (χ4v) is 1.70. The highest BCUT2D eigenvalue weighted by molar-refractivity contribution is 7.98. The number of nitrogens with one attached hydrogen (secondary N) is 1. The normalized spacial score (nSPS) is 10.2. The van der Waals surface area contributed by atoms with Gasteiger partial charge in [0.1, 0.15) is 5.82 Å². The van der Waals surface area contributed by atoms with Crippen LogP contribution in [-0.4, -0.2) is 28.5 Å². The average Bonchev–Trinajstić information content (AvgIpc) is 2.23. The molecule has 0 saturated carbocycles. The van der Waals surface area contributed by atoms with Crippen molar-refractivity contribution in [2.24, 2.45) is 0 Å². The summed E-state index contributed by atoms with van der Waals surface area (Å²) in [5, 5.41) is 3.15. The molecule has 0 aliphatic rings. The molecule has 1 rings (SSSR count). The molecule has 0 unspecified atom stereocenters. The van der Waals surface area contributed by atoms with E-state index in [4.69, 9.17) is 5.73 Å². The van der Waals surface area contributed by atoms with Crippen LogP contribution in [0.2, 0.25) is 0 Å². The Morgan fingerprint density at radius 1 is 1.40 bits per heavy atom. The highest BCUT2D eigenvalue weighted by Gasteiger charge is 1.95. The van der Waals surface area contributed by atoms with Crippen molar-refractivity contribution in [2.75, 3.05) is 29.6 Å². The molecule has 1 aromatic rings. The van der Waals surface area contributed by atoms with Crippen LogP contribution in [-0.2, 0) is 0 Å². The lowest BCUT2D eigenvalue weighted by Gasteiger charge is -2.04. The minimum Gasteiger partial charge on any atom is -0.384 e. The quantitative estimate of drug-likeness (QED) is 0.696. The van der Waals surface area contributed by atoms with E-state index in [1.165, 1.54) is 18.6 Å². The average molecular weight is 226 g/mol. The van der Waals surface area contributed by atoms with E-state index in [0.29, 0.717) is 11.8 Å². The maximum atomic E-state index is 5.53. The third-order valence-electron chi connectivity index (χ3n) is 1.99. The first kappa shape index (κ1) is 12.1. The van der Waals surface area contributed by atoms with Crippen molar-refractivity contribution < 1.29 is 0 Å². The van der Waals surface area contributed by atoms with Gasteiger partial charge in [-0.05, 0) is 30.9 Å². The highest BCUT2D eigenvalue weighted by Crippen LogP contribution is 2.04. The molecule has 4 nitrogen and oxygen atoms in total. The summed E-state index contributed by atoms with van der Waals surface area (Å²) in [4.78, 5) is 8.13. The van der Waals surface area contributed by atoms with Crippen LogP contribution in [0.1, 0.15) is 19.3 Å². The van der Waals surface area contributed by atoms with Gasteiger partial charge in [-0.2, -0.15) is 16.7 Å². The summed E-state index contributed by atoms with van der Waals surface area (Å²) in [6, 6.07) is 1.68. The first-order valence-electron chi connectivity index (χ1n) is 5.14. The lowest BCUT2D eigenvalue weighted by Crippen LogP contribution is -2.06. The van der Waals surface area contributed by atoms with E-state index in [9.17, 15) is 0 Å². The van der Waals surface area contributed by atoms with Crippen molar-refractivity contribution >= 4 is 23.5 Å². The molecule has 1 aromatic heterocycles. The monoisotopic (exact) mass is 226 g/mol. The summed E-state index contributed by atoms with van der Waals surface area (Å²) < 4.78 is 0. The van der Waals surface area contributed by atoms with E-state index < -0.39 is 0 Å². The van der Waals surface area contributed by atoms with E-state index in [-0.39, 0.29) is 0 Å². The van der Waals surface area contributed by atoms with Crippen LogP contribution in [0, 0.1) is 0 Å². The third kappa shape index (κ3) is 5.47. The van der Waals surface area contributed by atoms with Crippen LogP contribution in [0.25, 0.3) is 0 Å². The first-order valence-corrected chi connectivity index (χ1v) is 6.53. The zero-order chi connectivity index (χ0) is 10.9. The van der Waals surface area contributed by atoms with Crippen molar-refractivity contribution in [1.29, 1.82) is 0 Å². The summed E-state index contributed by atoms with van der Waals surface area (Å²) in [5.74, 6) is 2.38. The van der Waals surface area contributed by atoms with Crippen molar-refractivity contribution in [3.05, 3.63) is 12.3 Å². The maximum absolute atomic E-state index is 5.53. The molecule has 15 heavy (non-hydrogen) atoms. The topological polar surface area (TPSA) is 63.8 Å². The fraction of sp³-hybridized carbons (Fsp3) is 0.600. The third-order valence-corrected chi connectivity index (χ3v) is 2.68. The van der Waals surface area contributed by atoms with E-state index >= 15 is 0 Å². The summed E-state index contributed by atoms with van der Waals surface area (Å²) in [5.41, 5.74) is 5.53. The summed E-state index contributed by atoms with van der Waals surface area (Å²) in [6.45, 7) is 0.915. The van der Waals surface area contributed by atoms with Gasteiger partial charge in [0.25, 0.3) is 0 Å². The molecule has 0 atom stereocenters. The Kier molecular flexibility index (Phi) is 5.92. The summed E-state index contributed by atoms with van der Waals surface area (Å²) in [6.07, 6.45) is 7.48. The van der Waals surface area contributed by atoms with E-state index in [0.717, 1.165) is 13.0 Å². The Hall–Kier alpha value is -0.970. The van der Waals surface area contributed by atoms with Gasteiger partial charge in [-0.25, -0.2) is 4.98 Å². The Labute approximate surface area is 95.1 Å². The van der Waals surface area contributed by atoms with Crippen LogP contribution < -0.4 is 11.1 Å². The molecule has 0 aliphatic carbocycles. The van der Waals surface area contributed by atoms with Crippen molar-refractivity contribution in [3.63, 3.8) is 0 Å². The lowest BCUT2D eigenvalue weighted by atomic mass is 10.2. The molecule has 0 saturated heterocycles. The van der Waals surface area contributed by atoms with E-state index in [1.807, 2.05) is 11.8 Å². The highest BCUT2D eigenvalue weighted by atomic mass is 32.2. The number of nitrogens with zero attached hydrogens (tertiary/aromatic N) is 2. The molecule has 0 spiro atoms. The number of rotatable bonds is 7. The molecular weight excluding hydrogens is 208 g/mol. The Balaban J connectivity index is 2.10. The zero-order valence-electron chi connectivity index (χ0n) is 9.07. The Morgan fingerprint density at radius 3 is 3.00 bits per heavy atom. The number of hydrogen-bond donors (Lipinski definition) is 2. The fourth-order valence-electron chi connectivity index (χ4n) is 1.21. The molecule has 0 bridgehead atoms. The Morgan fingerprint density at radius 2 is 2.27 bits per heavy atom. The molecule has 84 valence electrons. The van der Waals surface area contributed by atoms with Crippen molar-refractivity contribution in [3.8, 4) is 0 Å². The van der Waals surface area contributed by atoms with Gasteiger partial charge >= 0.3 is 0 Å². The maximum Gasteiger partial charge on any atom is 0.224 e. The Bertz CT molecular complexity index is 280. The van der Waals surface area contributed by atoms with Crippen LogP contribution in [0.3, 0.4) is 0 Å². The van der Waals surface area contributed by atoms with Gasteiger partial charge in [-0.1, -0.05) is 6.42 Å². The molecular formula is C10H18N4S. The van der Waals surface area contributed by atoms with Crippen LogP contribution >= 0.6 is 11.8 Å². The molecule has 0 amide bonds. The summed E-state index contributed by atoms with van der Waals surface area (Å²) in [7, 11) is 0. The predicted molar refractivity (Wildman–Crippen MR) is 67.2 cm³/mol. The standard InChI is InChI=1S/C10H18N4S/c1-15-8-4-2-3-6-12-10-13-7-5-9(11)14-10/h5,7H,2-4,6,8H2,1H3,(H3,11,12,13,14). The second kappa shape index (κ2) is 7.34. The number of nitrogen functional groups attached to an aromatic ring is 1. The molecule has 3 N–H and O–H groups in total. The SMILES string of the molecule is CSCCCCCNc1nccc(N)n1. The predicted octanol–water partition coefficient (Wildman–Crippen LogP) is 2.00. The van der Waals surface area contributed by atoms with Gasteiger partial charge in [0, 0.05) is 12.7 Å². The van der Waals surface area contributed by atoms with E-state index in [1.54, 1.807) is 12.3 Å². The second-order valence-corrected chi connectivity index (χ2v) is 4.27. The minimum atomic E-state index is 0.509. The van der Waals surface area contributed by atoms with Gasteiger partial charge < -0.3 is 11.1 Å². The molecule has 0 radical (unpaired) electrons. The molecule has 1 heterocycles. The van der Waals surface area contributed by atoms with Crippen LogP contribution in [0.5, 0.6) is 0 Å². The van der Waals surface area contributed by atoms with Crippen LogP contribution in [0.4, 0.5) is 11.8 Å². The molecule has 0 aliphatic heterocycles.